The molecule has 0 aromatic heterocycles. The van der Waals surface area contributed by atoms with Gasteiger partial charge in [0.1, 0.15) is 11.4 Å². The van der Waals surface area contributed by atoms with Crippen LogP contribution in [0, 0.1) is 13.8 Å². The van der Waals surface area contributed by atoms with Crippen molar-refractivity contribution in [1.82, 2.24) is 0 Å². The Morgan fingerprint density at radius 2 is 1.56 bits per heavy atom. The van der Waals surface area contributed by atoms with Gasteiger partial charge in [0.15, 0.2) is 0 Å². The molecule has 3 aromatic rings. The fraction of sp³-hybridized carbons (Fsp3) is 0.185. The molecular weight excluding hydrogens is 400 g/mol. The Morgan fingerprint density at radius 3 is 2.19 bits per heavy atom. The minimum Gasteiger partial charge on any atom is -0.497 e. The van der Waals surface area contributed by atoms with Crippen molar-refractivity contribution in [3.8, 4) is 5.75 Å². The first kappa shape index (κ1) is 21.4. The molecule has 4 rings (SSSR count). The summed E-state index contributed by atoms with van der Waals surface area (Å²) in [6.45, 7) is 6.08. The Labute approximate surface area is 188 Å². The molecule has 32 heavy (non-hydrogen) atoms. The maximum atomic E-state index is 13.6. The molecule has 0 fully saturated rings. The molecule has 1 heterocycles. The SMILES string of the molecule is CCc1ccc(N2C(=O)C(Nc3cccc(C)c3C)=C(c3ccc(OC)cc3)C2=O)cc1. The number of hydrogen-bond acceptors (Lipinski definition) is 4. The topological polar surface area (TPSA) is 58.6 Å². The molecule has 0 radical (unpaired) electrons. The molecule has 0 saturated carbocycles. The number of rotatable bonds is 6. The average molecular weight is 427 g/mol. The molecule has 5 nitrogen and oxygen atoms in total. The third-order valence-electron chi connectivity index (χ3n) is 5.93. The van der Waals surface area contributed by atoms with E-state index in [1.165, 1.54) is 4.90 Å². The lowest BCUT2D eigenvalue weighted by Gasteiger charge is -2.16. The van der Waals surface area contributed by atoms with Gasteiger partial charge in [0.2, 0.25) is 0 Å². The second-order valence-electron chi connectivity index (χ2n) is 7.82. The number of nitrogens with one attached hydrogen (secondary N) is 1. The zero-order valence-electron chi connectivity index (χ0n) is 18.7. The van der Waals surface area contributed by atoms with Crippen LogP contribution in [0.4, 0.5) is 11.4 Å². The van der Waals surface area contributed by atoms with E-state index in [1.807, 2.05) is 56.3 Å². The lowest BCUT2D eigenvalue weighted by atomic mass is 10.0. The fourth-order valence-corrected chi connectivity index (χ4v) is 3.81. The predicted octanol–water partition coefficient (Wildman–Crippen LogP) is 5.27. The van der Waals surface area contributed by atoms with Gasteiger partial charge in [-0.2, -0.15) is 0 Å². The summed E-state index contributed by atoms with van der Waals surface area (Å²) in [6.07, 6.45) is 0.886. The zero-order chi connectivity index (χ0) is 22.8. The molecule has 0 saturated heterocycles. The summed E-state index contributed by atoms with van der Waals surface area (Å²) < 4.78 is 5.25. The van der Waals surface area contributed by atoms with Gasteiger partial charge in [-0.05, 0) is 72.9 Å². The number of amides is 2. The van der Waals surface area contributed by atoms with Crippen molar-refractivity contribution in [3.05, 3.63) is 94.7 Å². The summed E-state index contributed by atoms with van der Waals surface area (Å²) in [5.41, 5.74) is 5.91. The van der Waals surface area contributed by atoms with Crippen molar-refractivity contribution in [2.24, 2.45) is 0 Å². The highest BCUT2D eigenvalue weighted by atomic mass is 16.5. The molecule has 162 valence electrons. The van der Waals surface area contributed by atoms with Crippen LogP contribution in [0.25, 0.3) is 5.57 Å². The van der Waals surface area contributed by atoms with E-state index in [0.29, 0.717) is 22.6 Å². The normalized spacial score (nSPS) is 13.7. The number of aryl methyl sites for hydroxylation is 2. The Bertz CT molecular complexity index is 1210. The van der Waals surface area contributed by atoms with E-state index in [0.717, 1.165) is 28.8 Å². The van der Waals surface area contributed by atoms with E-state index in [4.69, 9.17) is 4.74 Å². The number of methoxy groups -OCH3 is 1. The number of ether oxygens (including phenoxy) is 1. The highest BCUT2D eigenvalue weighted by Gasteiger charge is 2.40. The van der Waals surface area contributed by atoms with Gasteiger partial charge in [-0.3, -0.25) is 9.59 Å². The van der Waals surface area contributed by atoms with Crippen molar-refractivity contribution in [3.63, 3.8) is 0 Å². The molecular formula is C27H26N2O3. The van der Waals surface area contributed by atoms with E-state index in [1.54, 1.807) is 31.4 Å². The standard InChI is InChI=1S/C27H26N2O3/c1-5-19-9-13-21(14-10-19)29-26(30)24(20-11-15-22(32-4)16-12-20)25(27(29)31)28-23-8-6-7-17(2)18(23)3/h6-16,28H,5H2,1-4H3. The Hall–Kier alpha value is -3.86. The van der Waals surface area contributed by atoms with Crippen molar-refractivity contribution in [2.45, 2.75) is 27.2 Å². The van der Waals surface area contributed by atoms with Crippen LogP contribution < -0.4 is 15.0 Å². The Balaban J connectivity index is 1.82. The molecule has 1 N–H and O–H groups in total. The van der Waals surface area contributed by atoms with E-state index < -0.39 is 0 Å². The van der Waals surface area contributed by atoms with Crippen molar-refractivity contribution >= 4 is 28.8 Å². The lowest BCUT2D eigenvalue weighted by Crippen LogP contribution is -2.32. The van der Waals surface area contributed by atoms with Crippen LogP contribution in [0.2, 0.25) is 0 Å². The summed E-state index contributed by atoms with van der Waals surface area (Å²) in [5, 5.41) is 3.27. The highest BCUT2D eigenvalue weighted by Crippen LogP contribution is 2.35. The molecule has 5 heteroatoms. The molecule has 2 amide bonds. The monoisotopic (exact) mass is 426 g/mol. The van der Waals surface area contributed by atoms with Gasteiger partial charge in [0.25, 0.3) is 11.8 Å². The molecule has 1 aliphatic rings. The number of carbonyl (C=O) groups excluding carboxylic acids is 2. The summed E-state index contributed by atoms with van der Waals surface area (Å²) in [7, 11) is 1.59. The van der Waals surface area contributed by atoms with Gasteiger partial charge in [-0.15, -0.1) is 0 Å². The van der Waals surface area contributed by atoms with Crippen LogP contribution in [0.5, 0.6) is 5.75 Å². The first-order valence-corrected chi connectivity index (χ1v) is 10.6. The van der Waals surface area contributed by atoms with E-state index in [9.17, 15) is 9.59 Å². The maximum Gasteiger partial charge on any atom is 0.282 e. The molecule has 0 unspecified atom stereocenters. The number of nitrogens with zero attached hydrogens (tertiary/aromatic N) is 1. The van der Waals surface area contributed by atoms with Crippen LogP contribution >= 0.6 is 0 Å². The zero-order valence-corrected chi connectivity index (χ0v) is 18.7. The third kappa shape index (κ3) is 3.78. The van der Waals surface area contributed by atoms with Crippen LogP contribution in [-0.4, -0.2) is 18.9 Å². The summed E-state index contributed by atoms with van der Waals surface area (Å²) in [4.78, 5) is 28.3. The minimum absolute atomic E-state index is 0.272. The lowest BCUT2D eigenvalue weighted by molar-refractivity contribution is -0.120. The average Bonchev–Trinajstić information content (AvgIpc) is 3.06. The summed E-state index contributed by atoms with van der Waals surface area (Å²) in [5.74, 6) is -0.0367. The Morgan fingerprint density at radius 1 is 0.875 bits per heavy atom. The van der Waals surface area contributed by atoms with Crippen molar-refractivity contribution in [2.75, 3.05) is 17.3 Å². The van der Waals surface area contributed by atoms with Gasteiger partial charge in [-0.25, -0.2) is 4.90 Å². The number of benzene rings is 3. The van der Waals surface area contributed by atoms with Crippen LogP contribution in [0.1, 0.15) is 29.2 Å². The maximum absolute atomic E-state index is 13.6. The molecule has 0 spiro atoms. The van der Waals surface area contributed by atoms with E-state index in [-0.39, 0.29) is 17.5 Å². The summed E-state index contributed by atoms with van der Waals surface area (Å²) in [6, 6.07) is 20.6. The van der Waals surface area contributed by atoms with Gasteiger partial charge in [0.05, 0.1) is 18.4 Å². The van der Waals surface area contributed by atoms with E-state index in [2.05, 4.69) is 12.2 Å². The molecule has 0 aliphatic carbocycles. The first-order valence-electron chi connectivity index (χ1n) is 10.6. The van der Waals surface area contributed by atoms with Gasteiger partial charge in [0, 0.05) is 5.69 Å². The Kier molecular flexibility index (Phi) is 5.82. The van der Waals surface area contributed by atoms with Crippen LogP contribution in [-0.2, 0) is 16.0 Å². The molecule has 0 bridgehead atoms. The molecule has 3 aromatic carbocycles. The number of anilines is 2. The summed E-state index contributed by atoms with van der Waals surface area (Å²) >= 11 is 0. The number of imide groups is 1. The minimum atomic E-state index is -0.369. The first-order chi connectivity index (χ1) is 15.4. The highest BCUT2D eigenvalue weighted by molar-refractivity contribution is 6.46. The fourth-order valence-electron chi connectivity index (χ4n) is 3.81. The molecule has 0 atom stereocenters. The van der Waals surface area contributed by atoms with E-state index >= 15 is 0 Å². The van der Waals surface area contributed by atoms with Crippen LogP contribution in [0.3, 0.4) is 0 Å². The van der Waals surface area contributed by atoms with Crippen molar-refractivity contribution in [1.29, 1.82) is 0 Å². The smallest absolute Gasteiger partial charge is 0.282 e. The number of hydrogen-bond donors (Lipinski definition) is 1. The molecule has 1 aliphatic heterocycles. The van der Waals surface area contributed by atoms with Gasteiger partial charge < -0.3 is 10.1 Å². The van der Waals surface area contributed by atoms with Crippen LogP contribution in [0.15, 0.2) is 72.4 Å². The quantitative estimate of drug-likeness (QED) is 0.546. The van der Waals surface area contributed by atoms with Gasteiger partial charge >= 0.3 is 0 Å². The van der Waals surface area contributed by atoms with Crippen molar-refractivity contribution < 1.29 is 14.3 Å². The second-order valence-corrected chi connectivity index (χ2v) is 7.82. The van der Waals surface area contributed by atoms with Gasteiger partial charge in [-0.1, -0.05) is 43.3 Å². The third-order valence-corrected chi connectivity index (χ3v) is 5.93. The second kappa shape index (κ2) is 8.71. The predicted molar refractivity (Wildman–Crippen MR) is 128 cm³/mol. The number of carbonyl (C=O) groups is 2. The largest absolute Gasteiger partial charge is 0.497 e.